The molecule has 2 atom stereocenters. The zero-order chi connectivity index (χ0) is 25.7. The highest BCUT2D eigenvalue weighted by Gasteiger charge is 2.51. The van der Waals surface area contributed by atoms with Gasteiger partial charge in [0, 0.05) is 11.8 Å². The molecule has 1 amide bonds. The second kappa shape index (κ2) is 8.75. The second-order valence-corrected chi connectivity index (χ2v) is 8.90. The fourth-order valence-electron chi connectivity index (χ4n) is 3.98. The van der Waals surface area contributed by atoms with E-state index in [2.05, 4.69) is 0 Å². The standard InChI is InChI=1S/C23H19F4N3O4S/c1-22(2)20(32)29(13-4-3-12(9-28)15(7-13)23(25,26)27)21(35)30(22)14-5-6-18(16(24)8-14)34-19-11-33-10-17(19)31/h3-8,17,19,31H,10-11H2,1-2H3/t17-,19+/m1/s1. The van der Waals surface area contributed by atoms with Crippen LogP contribution in [-0.2, 0) is 15.7 Å². The molecule has 12 heteroatoms. The molecule has 2 aliphatic rings. The second-order valence-electron chi connectivity index (χ2n) is 8.53. The number of carbonyl (C=O) groups is 1. The number of amides is 1. The van der Waals surface area contributed by atoms with E-state index in [1.165, 1.54) is 43.0 Å². The van der Waals surface area contributed by atoms with Crippen LogP contribution in [0.25, 0.3) is 0 Å². The number of ether oxygens (including phenoxy) is 2. The first kappa shape index (κ1) is 24.8. The minimum Gasteiger partial charge on any atom is -0.482 e. The molecular weight excluding hydrogens is 490 g/mol. The summed E-state index contributed by atoms with van der Waals surface area (Å²) in [6, 6.07) is 8.19. The van der Waals surface area contributed by atoms with Crippen LogP contribution < -0.4 is 14.5 Å². The van der Waals surface area contributed by atoms with E-state index in [4.69, 9.17) is 27.0 Å². The lowest BCUT2D eigenvalue weighted by Gasteiger charge is -2.29. The molecule has 2 heterocycles. The van der Waals surface area contributed by atoms with Crippen LogP contribution in [0.4, 0.5) is 28.9 Å². The van der Waals surface area contributed by atoms with Crippen LogP contribution >= 0.6 is 12.2 Å². The molecule has 2 aliphatic heterocycles. The molecule has 0 bridgehead atoms. The molecule has 2 saturated heterocycles. The van der Waals surface area contributed by atoms with Crippen molar-refractivity contribution in [1.29, 1.82) is 5.26 Å². The van der Waals surface area contributed by atoms with Gasteiger partial charge in [-0.2, -0.15) is 18.4 Å². The Bertz CT molecular complexity index is 1240. The van der Waals surface area contributed by atoms with Crippen molar-refractivity contribution >= 4 is 34.6 Å². The lowest BCUT2D eigenvalue weighted by Crippen LogP contribution is -2.44. The van der Waals surface area contributed by atoms with Gasteiger partial charge in [-0.15, -0.1) is 0 Å². The average Bonchev–Trinajstić information content (AvgIpc) is 3.26. The molecule has 4 rings (SSSR count). The van der Waals surface area contributed by atoms with Gasteiger partial charge < -0.3 is 19.5 Å². The number of anilines is 2. The van der Waals surface area contributed by atoms with Crippen molar-refractivity contribution in [3.63, 3.8) is 0 Å². The minimum absolute atomic E-state index is 0.0734. The highest BCUT2D eigenvalue weighted by atomic mass is 32.1. The molecule has 0 aliphatic carbocycles. The fourth-order valence-corrected chi connectivity index (χ4v) is 4.50. The topological polar surface area (TPSA) is 86.0 Å². The van der Waals surface area contributed by atoms with E-state index >= 15 is 0 Å². The number of thiocarbonyl (C=S) groups is 1. The first-order chi connectivity index (χ1) is 16.4. The first-order valence-corrected chi connectivity index (χ1v) is 10.8. The van der Waals surface area contributed by atoms with Crippen molar-refractivity contribution in [2.45, 2.75) is 37.8 Å². The Hall–Kier alpha value is -3.27. The third kappa shape index (κ3) is 4.31. The maximum Gasteiger partial charge on any atom is 0.417 e. The number of rotatable bonds is 4. The number of carbonyl (C=O) groups excluding carboxylic acids is 1. The molecule has 0 saturated carbocycles. The van der Waals surface area contributed by atoms with Crippen LogP contribution in [0.5, 0.6) is 5.75 Å². The predicted molar refractivity (Wildman–Crippen MR) is 120 cm³/mol. The Labute approximate surface area is 203 Å². The Morgan fingerprint density at radius 2 is 1.89 bits per heavy atom. The maximum atomic E-state index is 14.9. The first-order valence-electron chi connectivity index (χ1n) is 10.4. The SMILES string of the molecule is CC1(C)C(=O)N(c2ccc(C#N)c(C(F)(F)F)c2)C(=S)N1c1ccc(O[C@H]2COC[C@H]2O)c(F)c1. The van der Waals surface area contributed by atoms with Crippen LogP contribution in [0.3, 0.4) is 0 Å². The molecule has 2 fully saturated rings. The zero-order valence-electron chi connectivity index (χ0n) is 18.5. The van der Waals surface area contributed by atoms with Crippen molar-refractivity contribution in [2.75, 3.05) is 23.0 Å². The molecule has 0 spiro atoms. The van der Waals surface area contributed by atoms with E-state index in [9.17, 15) is 27.5 Å². The van der Waals surface area contributed by atoms with Gasteiger partial charge in [-0.3, -0.25) is 9.69 Å². The Balaban J connectivity index is 1.68. The third-order valence-corrected chi connectivity index (χ3v) is 6.17. The number of alkyl halides is 3. The zero-order valence-corrected chi connectivity index (χ0v) is 19.3. The van der Waals surface area contributed by atoms with E-state index in [-0.39, 0.29) is 35.5 Å². The molecular formula is C23H19F4N3O4S. The molecule has 1 N–H and O–H groups in total. The van der Waals surface area contributed by atoms with E-state index in [1.54, 1.807) is 0 Å². The molecule has 0 radical (unpaired) electrons. The lowest BCUT2D eigenvalue weighted by atomic mass is 10.0. The van der Waals surface area contributed by atoms with Crippen LogP contribution in [0, 0.1) is 17.1 Å². The number of hydrogen-bond acceptors (Lipinski definition) is 6. The summed E-state index contributed by atoms with van der Waals surface area (Å²) in [6.45, 7) is 3.18. The van der Waals surface area contributed by atoms with Crippen molar-refractivity contribution < 1.29 is 36.9 Å². The maximum absolute atomic E-state index is 14.9. The molecule has 2 aromatic carbocycles. The van der Waals surface area contributed by atoms with Crippen LogP contribution in [0.2, 0.25) is 0 Å². The number of nitrogens with zero attached hydrogens (tertiary/aromatic N) is 3. The number of benzene rings is 2. The molecule has 184 valence electrons. The largest absolute Gasteiger partial charge is 0.482 e. The van der Waals surface area contributed by atoms with Gasteiger partial charge in [0.05, 0.1) is 36.1 Å². The lowest BCUT2D eigenvalue weighted by molar-refractivity contribution is -0.137. The van der Waals surface area contributed by atoms with E-state index in [0.717, 1.165) is 17.0 Å². The smallest absolute Gasteiger partial charge is 0.417 e. The summed E-state index contributed by atoms with van der Waals surface area (Å²) in [6.07, 6.45) is -6.47. The Morgan fingerprint density at radius 1 is 1.20 bits per heavy atom. The van der Waals surface area contributed by atoms with Crippen LogP contribution in [0.1, 0.15) is 25.0 Å². The van der Waals surface area contributed by atoms with Gasteiger partial charge in [0.1, 0.15) is 11.6 Å². The number of aliphatic hydroxyl groups is 1. The summed E-state index contributed by atoms with van der Waals surface area (Å²) >= 11 is 5.44. The quantitative estimate of drug-likeness (QED) is 0.496. The van der Waals surface area contributed by atoms with Crippen LogP contribution in [-0.4, -0.2) is 47.1 Å². The molecule has 35 heavy (non-hydrogen) atoms. The highest BCUT2D eigenvalue weighted by molar-refractivity contribution is 7.81. The molecule has 2 aromatic rings. The van der Waals surface area contributed by atoms with Crippen molar-refractivity contribution in [1.82, 2.24) is 0 Å². The van der Waals surface area contributed by atoms with Crippen molar-refractivity contribution in [3.8, 4) is 11.8 Å². The van der Waals surface area contributed by atoms with Crippen LogP contribution in [0.15, 0.2) is 36.4 Å². The van der Waals surface area contributed by atoms with E-state index in [0.29, 0.717) is 6.07 Å². The molecule has 0 unspecified atom stereocenters. The van der Waals surface area contributed by atoms with Crippen molar-refractivity contribution in [2.24, 2.45) is 0 Å². The number of halogens is 4. The third-order valence-electron chi connectivity index (χ3n) is 5.81. The number of aliphatic hydroxyl groups excluding tert-OH is 1. The van der Waals surface area contributed by atoms with Crippen molar-refractivity contribution in [3.05, 3.63) is 53.3 Å². The normalized spacial score (nSPS) is 22.0. The van der Waals surface area contributed by atoms with Gasteiger partial charge in [0.15, 0.2) is 22.8 Å². The Morgan fingerprint density at radius 3 is 2.46 bits per heavy atom. The molecule has 0 aromatic heterocycles. The monoisotopic (exact) mass is 509 g/mol. The Kier molecular flexibility index (Phi) is 6.21. The number of nitriles is 1. The van der Waals surface area contributed by atoms with E-state index in [1.807, 2.05) is 0 Å². The van der Waals surface area contributed by atoms with Gasteiger partial charge in [0.2, 0.25) is 0 Å². The summed E-state index contributed by atoms with van der Waals surface area (Å²) in [4.78, 5) is 15.5. The highest BCUT2D eigenvalue weighted by Crippen LogP contribution is 2.40. The van der Waals surface area contributed by atoms with Gasteiger partial charge in [-0.1, -0.05) is 0 Å². The summed E-state index contributed by atoms with van der Waals surface area (Å²) < 4.78 is 65.8. The predicted octanol–water partition coefficient (Wildman–Crippen LogP) is 3.77. The van der Waals surface area contributed by atoms with Gasteiger partial charge >= 0.3 is 6.18 Å². The summed E-state index contributed by atoms with van der Waals surface area (Å²) in [7, 11) is 0. The number of hydrogen-bond donors (Lipinski definition) is 1. The average molecular weight is 509 g/mol. The van der Waals surface area contributed by atoms with Gasteiger partial charge in [-0.25, -0.2) is 4.39 Å². The summed E-state index contributed by atoms with van der Waals surface area (Å²) in [5.41, 5.74) is -3.15. The van der Waals surface area contributed by atoms with Gasteiger partial charge in [0.25, 0.3) is 5.91 Å². The molecule has 7 nitrogen and oxygen atoms in total. The van der Waals surface area contributed by atoms with E-state index < -0.39 is 46.8 Å². The summed E-state index contributed by atoms with van der Waals surface area (Å²) in [5, 5.41) is 18.7. The fraction of sp³-hybridized carbons (Fsp3) is 0.348. The minimum atomic E-state index is -4.82. The summed E-state index contributed by atoms with van der Waals surface area (Å²) in [5.74, 6) is -1.56. The van der Waals surface area contributed by atoms with Gasteiger partial charge in [-0.05, 0) is 56.4 Å².